The highest BCUT2D eigenvalue weighted by molar-refractivity contribution is 6.33. The van der Waals surface area contributed by atoms with E-state index in [2.05, 4.69) is 15.2 Å². The van der Waals surface area contributed by atoms with Gasteiger partial charge in [0, 0.05) is 10.6 Å². The predicted octanol–water partition coefficient (Wildman–Crippen LogP) is 3.44. The molecule has 2 atom stereocenters. The van der Waals surface area contributed by atoms with Crippen molar-refractivity contribution in [3.05, 3.63) is 80.7 Å². The molecule has 4 rings (SSSR count). The highest BCUT2D eigenvalue weighted by Crippen LogP contribution is 2.26. The Morgan fingerprint density at radius 3 is 2.39 bits per heavy atom. The molecule has 188 valence electrons. The minimum Gasteiger partial charge on any atom is -0.478 e. The van der Waals surface area contributed by atoms with Crippen molar-refractivity contribution >= 4 is 29.2 Å². The maximum atomic E-state index is 14.9. The van der Waals surface area contributed by atoms with E-state index in [4.69, 9.17) is 23.2 Å². The number of nitrogens with zero attached hydrogens (tertiary/aromatic N) is 6. The molecular formula is C21H15Cl2F3N6O4. The first-order valence-corrected chi connectivity index (χ1v) is 10.8. The topological polar surface area (TPSA) is 128 Å². The second kappa shape index (κ2) is 10.1. The number of benzene rings is 2. The normalized spacial score (nSPS) is 13.2. The van der Waals surface area contributed by atoms with Crippen molar-refractivity contribution in [1.29, 1.82) is 0 Å². The summed E-state index contributed by atoms with van der Waals surface area (Å²) >= 11 is 12.0. The van der Waals surface area contributed by atoms with Gasteiger partial charge in [-0.3, -0.25) is 0 Å². The van der Waals surface area contributed by atoms with Crippen LogP contribution < -0.4 is 5.69 Å². The Morgan fingerprint density at radius 2 is 1.75 bits per heavy atom. The predicted molar refractivity (Wildman–Crippen MR) is 122 cm³/mol. The molecule has 0 radical (unpaired) electrons. The zero-order valence-electron chi connectivity index (χ0n) is 17.8. The van der Waals surface area contributed by atoms with Crippen LogP contribution in [0.5, 0.6) is 0 Å². The molecule has 2 aromatic heterocycles. The summed E-state index contributed by atoms with van der Waals surface area (Å²) in [6.45, 7) is -0.441. The molecule has 15 heteroatoms. The van der Waals surface area contributed by atoms with Crippen molar-refractivity contribution in [2.24, 2.45) is 0 Å². The maximum Gasteiger partial charge on any atom is 0.349 e. The number of aromatic carboxylic acids is 1. The van der Waals surface area contributed by atoms with Crippen molar-refractivity contribution in [2.75, 3.05) is 0 Å². The fourth-order valence-electron chi connectivity index (χ4n) is 3.35. The summed E-state index contributed by atoms with van der Waals surface area (Å²) < 4.78 is 43.0. The second-order valence-corrected chi connectivity index (χ2v) is 8.23. The van der Waals surface area contributed by atoms with Crippen LogP contribution in [0.1, 0.15) is 22.5 Å². The van der Waals surface area contributed by atoms with E-state index in [9.17, 15) is 33.0 Å². The van der Waals surface area contributed by atoms with E-state index in [0.29, 0.717) is 9.59 Å². The molecule has 36 heavy (non-hydrogen) atoms. The summed E-state index contributed by atoms with van der Waals surface area (Å²) in [5.41, 5.74) is -1.13. The Kier molecular flexibility index (Phi) is 7.15. The summed E-state index contributed by atoms with van der Waals surface area (Å²) in [5, 5.41) is 27.6. The van der Waals surface area contributed by atoms with Gasteiger partial charge in [0.05, 0.1) is 16.3 Å². The minimum atomic E-state index is -3.47. The van der Waals surface area contributed by atoms with Crippen molar-refractivity contribution in [3.63, 3.8) is 0 Å². The largest absolute Gasteiger partial charge is 0.478 e. The quantitative estimate of drug-likeness (QED) is 0.349. The summed E-state index contributed by atoms with van der Waals surface area (Å²) in [6, 6.07) is 9.84. The number of aliphatic hydroxyl groups excluding tert-OH is 1. The third kappa shape index (κ3) is 4.85. The number of hydrogen-bond acceptors (Lipinski definition) is 6. The lowest BCUT2D eigenvalue weighted by molar-refractivity contribution is -0.0723. The van der Waals surface area contributed by atoms with Crippen LogP contribution in [0.15, 0.2) is 53.6 Å². The molecule has 2 aromatic carbocycles. The van der Waals surface area contributed by atoms with E-state index in [1.807, 2.05) is 0 Å². The monoisotopic (exact) mass is 542 g/mol. The lowest BCUT2D eigenvalue weighted by atomic mass is 10.2. The molecule has 1 unspecified atom stereocenters. The van der Waals surface area contributed by atoms with Crippen LogP contribution in [0, 0.1) is 0 Å². The maximum absolute atomic E-state index is 14.9. The Morgan fingerprint density at radius 1 is 1.06 bits per heavy atom. The molecule has 10 nitrogen and oxygen atoms in total. The molecule has 2 N–H and O–H groups in total. The fourth-order valence-corrected chi connectivity index (χ4v) is 3.73. The summed E-state index contributed by atoms with van der Waals surface area (Å²) in [4.78, 5) is 28.5. The third-order valence-electron chi connectivity index (χ3n) is 5.04. The van der Waals surface area contributed by atoms with Gasteiger partial charge >= 0.3 is 11.7 Å². The summed E-state index contributed by atoms with van der Waals surface area (Å²) in [6.07, 6.45) is -7.92. The molecule has 0 spiro atoms. The van der Waals surface area contributed by atoms with E-state index in [1.54, 1.807) is 0 Å². The molecule has 0 aliphatic rings. The van der Waals surface area contributed by atoms with E-state index >= 15 is 0 Å². The highest BCUT2D eigenvalue weighted by atomic mass is 35.5. The molecule has 0 saturated heterocycles. The number of rotatable bonds is 8. The highest BCUT2D eigenvalue weighted by Gasteiger charge is 2.33. The lowest BCUT2D eigenvalue weighted by Crippen LogP contribution is -2.35. The molecule has 0 amide bonds. The molecule has 2 heterocycles. The van der Waals surface area contributed by atoms with Gasteiger partial charge in [0.25, 0.3) is 6.43 Å². The van der Waals surface area contributed by atoms with Crippen LogP contribution in [0.2, 0.25) is 10.0 Å². The first-order valence-electron chi connectivity index (χ1n) is 10.1. The molecular weight excluding hydrogens is 528 g/mol. The first-order chi connectivity index (χ1) is 17.1. The van der Waals surface area contributed by atoms with Crippen LogP contribution in [0.4, 0.5) is 13.2 Å². The number of para-hydroxylation sites is 1. The summed E-state index contributed by atoms with van der Waals surface area (Å²) in [5.74, 6) is -1.66. The van der Waals surface area contributed by atoms with E-state index < -0.39 is 37.0 Å². The average Bonchev–Trinajstić information content (AvgIpc) is 3.43. The number of aromatic nitrogens is 6. The first kappa shape index (κ1) is 25.4. The van der Waals surface area contributed by atoms with Crippen LogP contribution in [0.25, 0.3) is 17.1 Å². The van der Waals surface area contributed by atoms with Gasteiger partial charge in [0.15, 0.2) is 17.8 Å². The second-order valence-electron chi connectivity index (χ2n) is 7.38. The van der Waals surface area contributed by atoms with Crippen molar-refractivity contribution in [2.45, 2.75) is 25.4 Å². The number of aliphatic hydroxyl groups is 1. The van der Waals surface area contributed by atoms with E-state index in [-0.39, 0.29) is 33.5 Å². The Labute approximate surface area is 209 Å². The van der Waals surface area contributed by atoms with Gasteiger partial charge in [-0.2, -0.15) is 0 Å². The van der Waals surface area contributed by atoms with Crippen molar-refractivity contribution < 1.29 is 28.2 Å². The zero-order valence-corrected chi connectivity index (χ0v) is 19.4. The fraction of sp³-hybridized carbons (Fsp3) is 0.190. The molecule has 0 saturated carbocycles. The standard InChI is InChI=1S/C21H15Cl2F3N6O4/c22-11-6-4-10(5-7-11)19-29-30(21(36)32(19)18(26)16(33)17(24)25)8-14-27-9-31(28-14)15-12(20(34)35)2-1-3-13(15)23/h1-7,9,16-18,33H,8H2,(H,34,35)/t16-,18?/m1/s1. The SMILES string of the molecule is O=C(O)c1cccc(Cl)c1-n1cnc(Cn2nc(-c3ccc(Cl)cc3)n(C(F)[C@H](O)C(F)F)c2=O)n1. The third-order valence-corrected chi connectivity index (χ3v) is 5.59. The number of halogens is 5. The minimum absolute atomic E-state index is 0.0222. The molecule has 4 aromatic rings. The van der Waals surface area contributed by atoms with Crippen LogP contribution >= 0.6 is 23.2 Å². The Hall–Kier alpha value is -3.68. The summed E-state index contributed by atoms with van der Waals surface area (Å²) in [7, 11) is 0. The average molecular weight is 543 g/mol. The van der Waals surface area contributed by atoms with Gasteiger partial charge < -0.3 is 10.2 Å². The van der Waals surface area contributed by atoms with E-state index in [0.717, 1.165) is 15.7 Å². The van der Waals surface area contributed by atoms with Gasteiger partial charge in [-0.25, -0.2) is 41.7 Å². The number of carbonyl (C=O) groups is 1. The van der Waals surface area contributed by atoms with Crippen LogP contribution in [-0.2, 0) is 6.54 Å². The van der Waals surface area contributed by atoms with Crippen LogP contribution in [0.3, 0.4) is 0 Å². The van der Waals surface area contributed by atoms with Crippen LogP contribution in [-0.4, -0.2) is 57.8 Å². The molecule has 0 aliphatic heterocycles. The number of carboxylic acid groups (broad SMARTS) is 1. The molecule has 0 aliphatic carbocycles. The van der Waals surface area contributed by atoms with Crippen molar-refractivity contribution in [3.8, 4) is 17.1 Å². The number of carboxylic acids is 1. The van der Waals surface area contributed by atoms with E-state index in [1.165, 1.54) is 42.5 Å². The lowest BCUT2D eigenvalue weighted by Gasteiger charge is -2.16. The van der Waals surface area contributed by atoms with Gasteiger partial charge in [-0.05, 0) is 36.4 Å². The van der Waals surface area contributed by atoms with Gasteiger partial charge in [-0.15, -0.1) is 10.2 Å². The zero-order chi connectivity index (χ0) is 26.1. The number of hydrogen-bond donors (Lipinski definition) is 2. The Bertz CT molecular complexity index is 1470. The Balaban J connectivity index is 1.76. The van der Waals surface area contributed by atoms with Gasteiger partial charge in [0.1, 0.15) is 12.9 Å². The smallest absolute Gasteiger partial charge is 0.349 e. The van der Waals surface area contributed by atoms with Gasteiger partial charge in [-0.1, -0.05) is 29.3 Å². The molecule has 0 bridgehead atoms. The number of alkyl halides is 3. The van der Waals surface area contributed by atoms with Crippen molar-refractivity contribution in [1.82, 2.24) is 29.1 Å². The van der Waals surface area contributed by atoms with Gasteiger partial charge in [0.2, 0.25) is 6.30 Å². The molecule has 0 fully saturated rings.